The normalized spacial score (nSPS) is 14.2. The Balaban J connectivity index is 3.90. The Morgan fingerprint density at radius 3 is 1.38 bits per heavy atom. The van der Waals surface area contributed by atoms with E-state index in [0.29, 0.717) is 0 Å². The molecule has 1 nitrogen and oxygen atoms in total. The highest BCUT2D eigenvalue weighted by molar-refractivity contribution is 5.72. The molecular formula is C9F11N. The fourth-order valence-corrected chi connectivity index (χ4v) is 1.22. The van der Waals surface area contributed by atoms with Gasteiger partial charge in [-0.25, -0.2) is 13.2 Å². The molecule has 0 aliphatic carbocycles. The number of alkyl halides is 6. The summed E-state index contributed by atoms with van der Waals surface area (Å²) in [7, 11) is 0. The molecular weight excluding hydrogens is 331 g/mol. The van der Waals surface area contributed by atoms with Crippen LogP contribution in [0.3, 0.4) is 0 Å². The first kappa shape index (κ1) is 17.2. The van der Waals surface area contributed by atoms with Crippen LogP contribution in [0.2, 0.25) is 0 Å². The number of halogens is 11. The SMILES string of the molecule is F/C(=C(/c1c(F)c(F)nc(F)c1F)C(F)(F)F)C(F)(F)F. The van der Waals surface area contributed by atoms with E-state index in [2.05, 4.69) is 0 Å². The summed E-state index contributed by atoms with van der Waals surface area (Å²) in [6, 6.07) is 0. The first-order valence-electron chi connectivity index (χ1n) is 4.53. The lowest BCUT2D eigenvalue weighted by Crippen LogP contribution is -2.22. The van der Waals surface area contributed by atoms with Gasteiger partial charge in [0.05, 0.1) is 5.56 Å². The van der Waals surface area contributed by atoms with Gasteiger partial charge >= 0.3 is 12.4 Å². The van der Waals surface area contributed by atoms with Crippen molar-refractivity contribution in [2.24, 2.45) is 0 Å². The van der Waals surface area contributed by atoms with Gasteiger partial charge in [-0.05, 0) is 0 Å². The van der Waals surface area contributed by atoms with E-state index in [1.165, 1.54) is 0 Å². The highest BCUT2D eigenvalue weighted by atomic mass is 19.4. The molecule has 21 heavy (non-hydrogen) atoms. The molecule has 0 saturated carbocycles. The Bertz CT molecular complexity index is 569. The quantitative estimate of drug-likeness (QED) is 0.548. The van der Waals surface area contributed by atoms with Crippen LogP contribution in [0.15, 0.2) is 5.83 Å². The molecule has 0 aliphatic heterocycles. The molecule has 12 heteroatoms. The topological polar surface area (TPSA) is 12.9 Å². The van der Waals surface area contributed by atoms with Gasteiger partial charge in [-0.15, -0.1) is 0 Å². The number of allylic oxidation sites excluding steroid dienone is 2. The zero-order valence-corrected chi connectivity index (χ0v) is 9.10. The summed E-state index contributed by atoms with van der Waals surface area (Å²) in [4.78, 5) is 1.84. The van der Waals surface area contributed by atoms with Crippen molar-refractivity contribution in [1.82, 2.24) is 4.98 Å². The Hall–Kier alpha value is -1.88. The summed E-state index contributed by atoms with van der Waals surface area (Å²) in [6.45, 7) is 0. The highest BCUT2D eigenvalue weighted by Crippen LogP contribution is 2.44. The lowest BCUT2D eigenvalue weighted by Gasteiger charge is -2.16. The van der Waals surface area contributed by atoms with E-state index in [1.807, 2.05) is 4.98 Å². The molecule has 0 N–H and O–H groups in total. The second kappa shape index (κ2) is 5.15. The average molecular weight is 331 g/mol. The maximum Gasteiger partial charge on any atom is 0.443 e. The van der Waals surface area contributed by atoms with Gasteiger partial charge < -0.3 is 0 Å². The van der Waals surface area contributed by atoms with Crippen LogP contribution in [0.1, 0.15) is 5.56 Å². The van der Waals surface area contributed by atoms with Crippen molar-refractivity contribution in [3.63, 3.8) is 0 Å². The van der Waals surface area contributed by atoms with Crippen molar-refractivity contribution in [2.45, 2.75) is 12.4 Å². The zero-order chi connectivity index (χ0) is 16.7. The van der Waals surface area contributed by atoms with Gasteiger partial charge in [0, 0.05) is 0 Å². The third-order valence-corrected chi connectivity index (χ3v) is 2.00. The van der Waals surface area contributed by atoms with Gasteiger partial charge in [0.15, 0.2) is 11.6 Å². The van der Waals surface area contributed by atoms with Crippen LogP contribution in [-0.2, 0) is 0 Å². The standard InChI is InChI=1S/C9F11N/c10-3-1(4(11)7(14)21-6(3)13)2(8(15,16)17)5(12)9(18,19)20/b5-2-. The Morgan fingerprint density at radius 1 is 0.714 bits per heavy atom. The van der Waals surface area contributed by atoms with Crippen LogP contribution in [0.4, 0.5) is 48.3 Å². The first-order valence-corrected chi connectivity index (χ1v) is 4.53. The number of hydrogen-bond acceptors (Lipinski definition) is 1. The lowest BCUT2D eigenvalue weighted by molar-refractivity contribution is -0.116. The van der Waals surface area contributed by atoms with Crippen molar-refractivity contribution < 1.29 is 48.3 Å². The fourth-order valence-electron chi connectivity index (χ4n) is 1.22. The van der Waals surface area contributed by atoms with Crippen molar-refractivity contribution in [3.05, 3.63) is 34.9 Å². The molecule has 0 aliphatic rings. The Labute approximate surface area is 107 Å². The maximum absolute atomic E-state index is 13.1. The third kappa shape index (κ3) is 3.24. The van der Waals surface area contributed by atoms with Crippen LogP contribution >= 0.6 is 0 Å². The summed E-state index contributed by atoms with van der Waals surface area (Å²) in [6.07, 6.45) is -12.6. The zero-order valence-electron chi connectivity index (χ0n) is 9.10. The third-order valence-electron chi connectivity index (χ3n) is 2.00. The monoisotopic (exact) mass is 331 g/mol. The Morgan fingerprint density at radius 2 is 1.10 bits per heavy atom. The fraction of sp³-hybridized carbons (Fsp3) is 0.222. The summed E-state index contributed by atoms with van der Waals surface area (Å²) < 4.78 is 137. The second-order valence-corrected chi connectivity index (χ2v) is 3.38. The molecule has 0 atom stereocenters. The summed E-state index contributed by atoms with van der Waals surface area (Å²) >= 11 is 0. The molecule has 0 radical (unpaired) electrons. The minimum absolute atomic E-state index is 1.84. The van der Waals surface area contributed by atoms with E-state index in [1.54, 1.807) is 0 Å². The van der Waals surface area contributed by atoms with Gasteiger partial charge in [0.2, 0.25) is 5.83 Å². The molecule has 0 amide bonds. The first-order chi connectivity index (χ1) is 9.28. The highest BCUT2D eigenvalue weighted by Gasteiger charge is 2.50. The molecule has 118 valence electrons. The van der Waals surface area contributed by atoms with Gasteiger partial charge in [-0.1, -0.05) is 0 Å². The van der Waals surface area contributed by atoms with Crippen LogP contribution in [0.5, 0.6) is 0 Å². The van der Waals surface area contributed by atoms with E-state index in [4.69, 9.17) is 0 Å². The largest absolute Gasteiger partial charge is 0.443 e. The predicted octanol–water partition coefficient (Wildman–Crippen LogP) is 4.44. The molecule has 1 rings (SSSR count). The summed E-state index contributed by atoms with van der Waals surface area (Å²) in [5, 5.41) is 0. The molecule has 1 aromatic heterocycles. The van der Waals surface area contributed by atoms with Crippen molar-refractivity contribution >= 4 is 5.57 Å². The second-order valence-electron chi connectivity index (χ2n) is 3.38. The maximum atomic E-state index is 13.1. The summed E-state index contributed by atoms with van der Waals surface area (Å²) in [5.74, 6) is -15.1. The van der Waals surface area contributed by atoms with Crippen molar-refractivity contribution in [2.75, 3.05) is 0 Å². The van der Waals surface area contributed by atoms with E-state index < -0.39 is 52.8 Å². The minimum Gasteiger partial charge on any atom is -0.201 e. The van der Waals surface area contributed by atoms with E-state index in [0.717, 1.165) is 0 Å². The summed E-state index contributed by atoms with van der Waals surface area (Å²) in [5.41, 5.74) is -6.42. The molecule has 0 saturated heterocycles. The number of rotatable bonds is 1. The molecule has 1 aromatic rings. The molecule has 0 fully saturated rings. The molecule has 0 bridgehead atoms. The van der Waals surface area contributed by atoms with Crippen LogP contribution in [0.25, 0.3) is 5.57 Å². The molecule has 0 unspecified atom stereocenters. The van der Waals surface area contributed by atoms with Gasteiger partial charge in [0.25, 0.3) is 11.9 Å². The number of pyridine rings is 1. The smallest absolute Gasteiger partial charge is 0.201 e. The van der Waals surface area contributed by atoms with Crippen molar-refractivity contribution in [1.29, 1.82) is 0 Å². The number of nitrogens with zero attached hydrogens (tertiary/aromatic N) is 1. The predicted molar refractivity (Wildman–Crippen MR) is 44.2 cm³/mol. The molecule has 1 heterocycles. The Kier molecular flexibility index (Phi) is 4.21. The molecule has 0 spiro atoms. The van der Waals surface area contributed by atoms with Gasteiger partial charge in [-0.2, -0.15) is 40.1 Å². The lowest BCUT2D eigenvalue weighted by atomic mass is 10.0. The van der Waals surface area contributed by atoms with Crippen LogP contribution in [-0.4, -0.2) is 17.3 Å². The van der Waals surface area contributed by atoms with Gasteiger partial charge in [0.1, 0.15) is 5.57 Å². The van der Waals surface area contributed by atoms with Crippen LogP contribution in [0, 0.1) is 23.5 Å². The van der Waals surface area contributed by atoms with E-state index in [9.17, 15) is 48.3 Å². The van der Waals surface area contributed by atoms with Crippen molar-refractivity contribution in [3.8, 4) is 0 Å². The average Bonchev–Trinajstić information content (AvgIpc) is 2.28. The number of hydrogen-bond donors (Lipinski definition) is 0. The minimum atomic E-state index is -6.29. The van der Waals surface area contributed by atoms with Gasteiger partial charge in [-0.3, -0.25) is 0 Å². The number of aromatic nitrogens is 1. The van der Waals surface area contributed by atoms with E-state index in [-0.39, 0.29) is 0 Å². The molecule has 0 aromatic carbocycles. The van der Waals surface area contributed by atoms with Crippen LogP contribution < -0.4 is 0 Å². The van der Waals surface area contributed by atoms with E-state index >= 15 is 0 Å².